The van der Waals surface area contributed by atoms with Crippen molar-refractivity contribution in [2.75, 3.05) is 0 Å². The number of aryl methyl sites for hydroxylation is 2. The quantitative estimate of drug-likeness (QED) is 0.607. The molecule has 0 heterocycles. The Bertz CT molecular complexity index is 507. The number of nitrogens with zero attached hydrogens (tertiary/aromatic N) is 1. The van der Waals surface area contributed by atoms with Gasteiger partial charge in [-0.2, -0.15) is 13.2 Å². The highest BCUT2D eigenvalue weighted by Gasteiger charge is 2.34. The molecule has 1 aromatic rings. The summed E-state index contributed by atoms with van der Waals surface area (Å²) in [6.45, 7) is 6.07. The average Bonchev–Trinajstić information content (AvgIpc) is 2.24. The number of benzene rings is 1. The first kappa shape index (κ1) is 14.2. The van der Waals surface area contributed by atoms with Crippen molar-refractivity contribution in [2.45, 2.75) is 26.4 Å². The lowest BCUT2D eigenvalue weighted by Crippen LogP contribution is -2.10. The molecule has 18 heavy (non-hydrogen) atoms. The first-order valence-corrected chi connectivity index (χ1v) is 5.22. The molecule has 0 saturated carbocycles. The molecule has 0 unspecified atom stereocenters. The average molecular weight is 259 g/mol. The lowest BCUT2D eigenvalue weighted by molar-refractivity contribution is -0.386. The van der Waals surface area contributed by atoms with Crippen LogP contribution in [0.2, 0.25) is 0 Å². The molecule has 0 amide bonds. The third kappa shape index (κ3) is 2.69. The smallest absolute Gasteiger partial charge is 0.258 e. The normalized spacial score (nSPS) is 11.4. The van der Waals surface area contributed by atoms with Gasteiger partial charge in [-0.1, -0.05) is 13.5 Å². The summed E-state index contributed by atoms with van der Waals surface area (Å²) < 4.78 is 37.6. The summed E-state index contributed by atoms with van der Waals surface area (Å²) in [5.41, 5.74) is -0.756. The largest absolute Gasteiger partial charge is 0.416 e. The van der Waals surface area contributed by atoms with Crippen LogP contribution in [0.4, 0.5) is 18.9 Å². The summed E-state index contributed by atoms with van der Waals surface area (Å²) in [6, 6.07) is 2.33. The monoisotopic (exact) mass is 259 g/mol. The molecule has 0 aliphatic carbocycles. The Morgan fingerprint density at radius 2 is 2.00 bits per heavy atom. The van der Waals surface area contributed by atoms with Crippen LogP contribution in [0.25, 0.3) is 5.57 Å². The van der Waals surface area contributed by atoms with Crippen LogP contribution in [0, 0.1) is 17.0 Å². The molecule has 1 aromatic carbocycles. The van der Waals surface area contributed by atoms with Crippen LogP contribution < -0.4 is 0 Å². The van der Waals surface area contributed by atoms with Crippen LogP contribution in [0.1, 0.15) is 23.6 Å². The van der Waals surface area contributed by atoms with Crippen molar-refractivity contribution in [2.24, 2.45) is 0 Å². The molecule has 98 valence electrons. The van der Waals surface area contributed by atoms with E-state index in [1.165, 1.54) is 13.0 Å². The molecule has 0 aliphatic rings. The van der Waals surface area contributed by atoms with Crippen LogP contribution in [0.3, 0.4) is 0 Å². The van der Waals surface area contributed by atoms with E-state index in [-0.39, 0.29) is 28.8 Å². The molecular weight excluding hydrogens is 247 g/mol. The van der Waals surface area contributed by atoms with Gasteiger partial charge in [0.25, 0.3) is 5.69 Å². The Hall–Kier alpha value is -1.85. The maximum atomic E-state index is 12.5. The Balaban J connectivity index is 3.41. The van der Waals surface area contributed by atoms with Crippen LogP contribution in [0.15, 0.2) is 18.7 Å². The van der Waals surface area contributed by atoms with Gasteiger partial charge in [-0.05, 0) is 31.0 Å². The van der Waals surface area contributed by atoms with Crippen molar-refractivity contribution in [1.82, 2.24) is 0 Å². The highest BCUT2D eigenvalue weighted by Crippen LogP contribution is 2.35. The van der Waals surface area contributed by atoms with E-state index >= 15 is 0 Å². The van der Waals surface area contributed by atoms with Gasteiger partial charge in [0.15, 0.2) is 0 Å². The van der Waals surface area contributed by atoms with E-state index in [9.17, 15) is 23.3 Å². The molecule has 0 atom stereocenters. The van der Waals surface area contributed by atoms with E-state index in [0.29, 0.717) is 0 Å². The van der Waals surface area contributed by atoms with E-state index < -0.39 is 16.7 Å². The standard InChI is InChI=1S/C12H12F3NO2/c1-4-9-6-10(8(3)12(13,14)15)5-7(2)11(9)16(17)18/h5-6H,3-4H2,1-2H3. The van der Waals surface area contributed by atoms with E-state index in [2.05, 4.69) is 6.58 Å². The van der Waals surface area contributed by atoms with Gasteiger partial charge >= 0.3 is 6.18 Å². The Labute approximate surface area is 102 Å². The number of nitro groups is 1. The fraction of sp³-hybridized carbons (Fsp3) is 0.333. The van der Waals surface area contributed by atoms with E-state index in [1.807, 2.05) is 0 Å². The molecule has 1 rings (SSSR count). The molecule has 0 fully saturated rings. The zero-order chi connectivity index (χ0) is 14.1. The van der Waals surface area contributed by atoms with Gasteiger partial charge in [-0.15, -0.1) is 0 Å². The summed E-state index contributed by atoms with van der Waals surface area (Å²) in [5, 5.41) is 10.8. The summed E-state index contributed by atoms with van der Waals surface area (Å²) in [5.74, 6) is 0. The predicted molar refractivity (Wildman–Crippen MR) is 62.3 cm³/mol. The molecule has 0 spiro atoms. The number of nitro benzene ring substituents is 1. The fourth-order valence-corrected chi connectivity index (χ4v) is 1.72. The Morgan fingerprint density at radius 1 is 1.44 bits per heavy atom. The van der Waals surface area contributed by atoms with Gasteiger partial charge in [0, 0.05) is 11.1 Å². The van der Waals surface area contributed by atoms with Crippen molar-refractivity contribution >= 4 is 11.3 Å². The van der Waals surface area contributed by atoms with Crippen LogP contribution >= 0.6 is 0 Å². The van der Waals surface area contributed by atoms with Crippen molar-refractivity contribution in [3.8, 4) is 0 Å². The minimum Gasteiger partial charge on any atom is -0.258 e. The molecule has 3 nitrogen and oxygen atoms in total. The zero-order valence-corrected chi connectivity index (χ0v) is 9.97. The second-order valence-corrected chi connectivity index (χ2v) is 3.89. The van der Waals surface area contributed by atoms with Gasteiger partial charge in [0.1, 0.15) is 0 Å². The summed E-state index contributed by atoms with van der Waals surface area (Å²) in [7, 11) is 0. The van der Waals surface area contributed by atoms with Crippen molar-refractivity contribution < 1.29 is 18.1 Å². The van der Waals surface area contributed by atoms with E-state index in [1.54, 1.807) is 6.92 Å². The summed E-state index contributed by atoms with van der Waals surface area (Å²) in [4.78, 5) is 10.3. The van der Waals surface area contributed by atoms with Gasteiger partial charge < -0.3 is 0 Å². The van der Waals surface area contributed by atoms with Gasteiger partial charge in [0.2, 0.25) is 0 Å². The first-order valence-electron chi connectivity index (χ1n) is 5.22. The molecule has 0 aromatic heterocycles. The molecule has 0 bridgehead atoms. The maximum absolute atomic E-state index is 12.5. The lowest BCUT2D eigenvalue weighted by Gasteiger charge is -2.12. The maximum Gasteiger partial charge on any atom is 0.416 e. The van der Waals surface area contributed by atoms with E-state index in [4.69, 9.17) is 0 Å². The van der Waals surface area contributed by atoms with Crippen molar-refractivity contribution in [1.29, 1.82) is 0 Å². The molecule has 0 aliphatic heterocycles. The summed E-state index contributed by atoms with van der Waals surface area (Å²) >= 11 is 0. The second-order valence-electron chi connectivity index (χ2n) is 3.89. The van der Waals surface area contributed by atoms with Crippen LogP contribution in [0.5, 0.6) is 0 Å². The van der Waals surface area contributed by atoms with Crippen molar-refractivity contribution in [3.05, 3.63) is 45.5 Å². The van der Waals surface area contributed by atoms with E-state index in [0.717, 1.165) is 6.07 Å². The molecule has 0 radical (unpaired) electrons. The predicted octanol–water partition coefficient (Wildman–Crippen LogP) is 4.04. The van der Waals surface area contributed by atoms with Gasteiger partial charge in [-0.25, -0.2) is 0 Å². The van der Waals surface area contributed by atoms with Gasteiger partial charge in [-0.3, -0.25) is 10.1 Å². The highest BCUT2D eigenvalue weighted by molar-refractivity contribution is 5.70. The number of hydrogen-bond acceptors (Lipinski definition) is 2. The molecule has 0 saturated heterocycles. The molecular formula is C12H12F3NO2. The fourth-order valence-electron chi connectivity index (χ4n) is 1.72. The number of allylic oxidation sites excluding steroid dienone is 1. The summed E-state index contributed by atoms with van der Waals surface area (Å²) in [6.07, 6.45) is -4.25. The third-order valence-corrected chi connectivity index (χ3v) is 2.63. The lowest BCUT2D eigenvalue weighted by atomic mass is 9.97. The minimum atomic E-state index is -4.53. The zero-order valence-electron chi connectivity index (χ0n) is 9.97. The Kier molecular flexibility index (Phi) is 3.79. The SMILES string of the molecule is C=C(c1cc(C)c([N+](=O)[O-])c(CC)c1)C(F)(F)F. The first-order chi connectivity index (χ1) is 8.18. The van der Waals surface area contributed by atoms with Crippen LogP contribution in [-0.4, -0.2) is 11.1 Å². The number of rotatable bonds is 3. The molecule has 0 N–H and O–H groups in total. The van der Waals surface area contributed by atoms with Crippen LogP contribution in [-0.2, 0) is 6.42 Å². The van der Waals surface area contributed by atoms with Crippen molar-refractivity contribution in [3.63, 3.8) is 0 Å². The second kappa shape index (κ2) is 4.80. The number of alkyl halides is 3. The third-order valence-electron chi connectivity index (χ3n) is 2.63. The highest BCUT2D eigenvalue weighted by atomic mass is 19.4. The topological polar surface area (TPSA) is 43.1 Å². The number of hydrogen-bond donors (Lipinski definition) is 0. The molecule has 6 heteroatoms. The number of halogens is 3. The van der Waals surface area contributed by atoms with Gasteiger partial charge in [0.05, 0.1) is 10.5 Å². The Morgan fingerprint density at radius 3 is 2.39 bits per heavy atom. The minimum absolute atomic E-state index is 0.123.